The molecule has 1 aliphatic rings. The fraction of sp³-hybridized carbons (Fsp3) is 0.115. The second-order valence-corrected chi connectivity index (χ2v) is 7.48. The topological polar surface area (TPSA) is 96.5 Å². The Morgan fingerprint density at radius 2 is 1.55 bits per heavy atom. The third-order valence-corrected chi connectivity index (χ3v) is 5.16. The third kappa shape index (κ3) is 5.10. The highest BCUT2D eigenvalue weighted by Crippen LogP contribution is 2.35. The van der Waals surface area contributed by atoms with Crippen molar-refractivity contribution in [2.24, 2.45) is 0 Å². The number of carbonyl (C=O) groups is 3. The van der Waals surface area contributed by atoms with Crippen molar-refractivity contribution in [3.8, 4) is 5.75 Å². The molecule has 3 N–H and O–H groups in total. The van der Waals surface area contributed by atoms with E-state index >= 15 is 0 Å². The number of nitrogens with one attached hydrogen (secondary N) is 3. The number of hydrogen-bond acceptors (Lipinski definition) is 4. The predicted octanol–water partition coefficient (Wildman–Crippen LogP) is 4.06. The van der Waals surface area contributed by atoms with Gasteiger partial charge in [0.15, 0.2) is 12.4 Å². The van der Waals surface area contributed by atoms with Crippen molar-refractivity contribution in [1.29, 1.82) is 0 Å². The Bertz CT molecular complexity index is 1210. The van der Waals surface area contributed by atoms with E-state index in [2.05, 4.69) is 16.0 Å². The summed E-state index contributed by atoms with van der Waals surface area (Å²) in [6, 6.07) is 24.2. The zero-order chi connectivity index (χ0) is 23.2. The van der Waals surface area contributed by atoms with Crippen LogP contribution in [-0.2, 0) is 9.59 Å². The number of para-hydroxylation sites is 2. The van der Waals surface area contributed by atoms with Crippen LogP contribution in [0.15, 0.2) is 90.5 Å². The van der Waals surface area contributed by atoms with Crippen LogP contribution < -0.4 is 20.7 Å². The van der Waals surface area contributed by atoms with E-state index < -0.39 is 12.1 Å². The molecule has 0 aromatic heterocycles. The number of benzene rings is 3. The molecular weight excluding hydrogens is 418 g/mol. The summed E-state index contributed by atoms with van der Waals surface area (Å²) in [4.78, 5) is 37.6. The van der Waals surface area contributed by atoms with Crippen molar-refractivity contribution >= 4 is 29.1 Å². The summed E-state index contributed by atoms with van der Waals surface area (Å²) in [5, 5.41) is 8.35. The van der Waals surface area contributed by atoms with Gasteiger partial charge in [0.2, 0.25) is 0 Å². The number of carbonyl (C=O) groups excluding carboxylic acids is 3. The minimum absolute atomic E-state index is 0.192. The minimum atomic E-state index is -0.736. The first-order valence-electron chi connectivity index (χ1n) is 10.5. The number of rotatable bonds is 7. The number of ether oxygens (including phenoxy) is 1. The molecule has 0 aliphatic carbocycles. The molecule has 4 rings (SSSR count). The van der Waals surface area contributed by atoms with Crippen molar-refractivity contribution in [3.05, 3.63) is 102 Å². The summed E-state index contributed by atoms with van der Waals surface area (Å²) in [7, 11) is 0. The van der Waals surface area contributed by atoms with Gasteiger partial charge in [0.25, 0.3) is 5.91 Å². The van der Waals surface area contributed by atoms with Crippen LogP contribution in [-0.4, -0.2) is 24.3 Å². The van der Waals surface area contributed by atoms with Gasteiger partial charge in [0.1, 0.15) is 5.75 Å². The number of ketones is 1. The summed E-state index contributed by atoms with van der Waals surface area (Å²) in [5.41, 5.74) is 2.83. The Labute approximate surface area is 191 Å². The number of hydrogen-bond donors (Lipinski definition) is 3. The second kappa shape index (κ2) is 9.82. The maximum absolute atomic E-state index is 12.7. The molecule has 0 fully saturated rings. The number of anilines is 1. The molecule has 7 nitrogen and oxygen atoms in total. The van der Waals surface area contributed by atoms with Gasteiger partial charge < -0.3 is 20.7 Å². The van der Waals surface area contributed by atoms with Gasteiger partial charge in [-0.1, -0.05) is 66.7 Å². The van der Waals surface area contributed by atoms with E-state index in [1.165, 1.54) is 6.92 Å². The predicted molar refractivity (Wildman–Crippen MR) is 125 cm³/mol. The molecule has 166 valence electrons. The SMILES string of the molecule is CC(=O)C1=C(c2ccccc2)NC(=O)N[C@H]1c1ccccc1OCC(=O)Nc1ccccc1. The van der Waals surface area contributed by atoms with Crippen molar-refractivity contribution in [3.63, 3.8) is 0 Å². The molecule has 0 saturated heterocycles. The van der Waals surface area contributed by atoms with Crippen molar-refractivity contribution in [2.45, 2.75) is 13.0 Å². The van der Waals surface area contributed by atoms with Gasteiger partial charge in [0, 0.05) is 16.8 Å². The van der Waals surface area contributed by atoms with E-state index in [1.807, 2.05) is 48.5 Å². The van der Waals surface area contributed by atoms with Gasteiger partial charge in [-0.05, 0) is 30.7 Å². The zero-order valence-corrected chi connectivity index (χ0v) is 18.0. The van der Waals surface area contributed by atoms with E-state index in [1.54, 1.807) is 36.4 Å². The van der Waals surface area contributed by atoms with Gasteiger partial charge in [0.05, 0.1) is 11.7 Å². The number of amides is 3. The van der Waals surface area contributed by atoms with Crippen molar-refractivity contribution < 1.29 is 19.1 Å². The molecule has 7 heteroatoms. The summed E-state index contributed by atoms with van der Waals surface area (Å²) >= 11 is 0. The van der Waals surface area contributed by atoms with Crippen molar-refractivity contribution in [2.75, 3.05) is 11.9 Å². The molecule has 3 aromatic rings. The summed E-state index contributed by atoms with van der Waals surface area (Å²) < 4.78 is 5.81. The quantitative estimate of drug-likeness (QED) is 0.515. The smallest absolute Gasteiger partial charge is 0.320 e. The average molecular weight is 441 g/mol. The van der Waals surface area contributed by atoms with E-state index in [4.69, 9.17) is 4.74 Å². The molecule has 0 unspecified atom stereocenters. The highest BCUT2D eigenvalue weighted by atomic mass is 16.5. The minimum Gasteiger partial charge on any atom is -0.483 e. The van der Waals surface area contributed by atoms with E-state index in [0.717, 1.165) is 5.56 Å². The maximum atomic E-state index is 12.7. The van der Waals surface area contributed by atoms with Gasteiger partial charge >= 0.3 is 6.03 Å². The van der Waals surface area contributed by atoms with Crippen LogP contribution in [0.2, 0.25) is 0 Å². The van der Waals surface area contributed by atoms with Gasteiger partial charge in [-0.15, -0.1) is 0 Å². The number of urea groups is 1. The highest BCUT2D eigenvalue weighted by molar-refractivity contribution is 6.07. The molecule has 1 aliphatic heterocycles. The lowest BCUT2D eigenvalue weighted by atomic mass is 9.90. The van der Waals surface area contributed by atoms with Crippen molar-refractivity contribution in [1.82, 2.24) is 10.6 Å². The Kier molecular flexibility index (Phi) is 6.50. The van der Waals surface area contributed by atoms with E-state index in [-0.39, 0.29) is 18.3 Å². The lowest BCUT2D eigenvalue weighted by molar-refractivity contribution is -0.118. The molecule has 33 heavy (non-hydrogen) atoms. The zero-order valence-electron chi connectivity index (χ0n) is 18.0. The normalized spacial score (nSPS) is 15.3. The lowest BCUT2D eigenvalue weighted by Crippen LogP contribution is -2.44. The largest absolute Gasteiger partial charge is 0.483 e. The van der Waals surface area contributed by atoms with Crippen LogP contribution >= 0.6 is 0 Å². The van der Waals surface area contributed by atoms with Crippen LogP contribution in [0.4, 0.5) is 10.5 Å². The lowest BCUT2D eigenvalue weighted by Gasteiger charge is -2.30. The Morgan fingerprint density at radius 3 is 2.24 bits per heavy atom. The molecule has 0 saturated carbocycles. The van der Waals surface area contributed by atoms with Gasteiger partial charge in [-0.25, -0.2) is 4.79 Å². The Morgan fingerprint density at radius 1 is 0.909 bits per heavy atom. The van der Waals surface area contributed by atoms with Crippen LogP contribution in [0.5, 0.6) is 5.75 Å². The van der Waals surface area contributed by atoms with Gasteiger partial charge in [-0.3, -0.25) is 9.59 Å². The summed E-state index contributed by atoms with van der Waals surface area (Å²) in [5.74, 6) is -0.111. The fourth-order valence-corrected chi connectivity index (χ4v) is 3.72. The van der Waals surface area contributed by atoms with Crippen LogP contribution in [0.1, 0.15) is 24.1 Å². The van der Waals surface area contributed by atoms with E-state index in [9.17, 15) is 14.4 Å². The molecule has 1 atom stereocenters. The monoisotopic (exact) mass is 441 g/mol. The highest BCUT2D eigenvalue weighted by Gasteiger charge is 2.33. The summed E-state index contributed by atoms with van der Waals surface area (Å²) in [6.07, 6.45) is 0. The third-order valence-electron chi connectivity index (χ3n) is 5.16. The second-order valence-electron chi connectivity index (χ2n) is 7.48. The maximum Gasteiger partial charge on any atom is 0.320 e. The molecule has 1 heterocycles. The first-order chi connectivity index (χ1) is 16.0. The number of Topliss-reactive ketones (excluding diaryl/α,β-unsaturated/α-hetero) is 1. The molecule has 0 radical (unpaired) electrons. The van der Waals surface area contributed by atoms with Crippen LogP contribution in [0.25, 0.3) is 5.70 Å². The molecule has 0 bridgehead atoms. The molecule has 3 amide bonds. The first kappa shape index (κ1) is 21.8. The Balaban J connectivity index is 1.63. The molecular formula is C26H23N3O4. The summed E-state index contributed by atoms with van der Waals surface area (Å²) in [6.45, 7) is 1.23. The van der Waals surface area contributed by atoms with E-state index in [0.29, 0.717) is 28.3 Å². The first-order valence-corrected chi connectivity index (χ1v) is 10.5. The van der Waals surface area contributed by atoms with Crippen LogP contribution in [0.3, 0.4) is 0 Å². The Hall–Kier alpha value is -4.39. The fourth-order valence-electron chi connectivity index (χ4n) is 3.72. The van der Waals surface area contributed by atoms with Gasteiger partial charge in [-0.2, -0.15) is 0 Å². The standard InChI is InChI=1S/C26H23N3O4/c1-17(30)23-24(18-10-4-2-5-11-18)28-26(32)29-25(23)20-14-8-9-15-21(20)33-16-22(31)27-19-12-6-3-7-13-19/h2-15,25H,16H2,1H3,(H,27,31)(H2,28,29,32)/t25-/m0/s1. The van der Waals surface area contributed by atoms with Crippen LogP contribution in [0, 0.1) is 0 Å². The molecule has 0 spiro atoms. The average Bonchev–Trinajstić information content (AvgIpc) is 2.83. The molecule has 3 aromatic carbocycles.